The highest BCUT2D eigenvalue weighted by molar-refractivity contribution is 7.21. The lowest BCUT2D eigenvalue weighted by molar-refractivity contribution is 0.359. The molecular weight excluding hydrogens is 356 g/mol. The Labute approximate surface area is 160 Å². The van der Waals surface area contributed by atoms with Crippen LogP contribution in [0.25, 0.3) is 26.6 Å². The van der Waals surface area contributed by atoms with Gasteiger partial charge in [-0.3, -0.25) is 0 Å². The molecule has 0 N–H and O–H groups in total. The molecule has 0 unspecified atom stereocenters. The van der Waals surface area contributed by atoms with E-state index in [9.17, 15) is 0 Å². The average Bonchev–Trinajstić information content (AvgIpc) is 3.37. The molecule has 3 heterocycles. The molecule has 0 aliphatic carbocycles. The van der Waals surface area contributed by atoms with Gasteiger partial charge in [0.05, 0.1) is 4.88 Å². The summed E-state index contributed by atoms with van der Waals surface area (Å²) < 4.78 is 5.69. The van der Waals surface area contributed by atoms with Crippen LogP contribution in [0.2, 0.25) is 0 Å². The fraction of sp³-hybridized carbons (Fsp3) is 0.0435. The van der Waals surface area contributed by atoms with Crippen LogP contribution in [-0.4, -0.2) is 6.61 Å². The van der Waals surface area contributed by atoms with Gasteiger partial charge in [-0.1, -0.05) is 36.1 Å². The first-order valence-electron chi connectivity index (χ1n) is 8.39. The first kappa shape index (κ1) is 15.5. The number of rotatable bonds is 1. The molecule has 26 heavy (non-hydrogen) atoms. The SMILES string of the molecule is C(#Cc1ccc(-c2cccs2)s1)c1ccc2c3c(ccc2c1)OCC=C3. The van der Waals surface area contributed by atoms with Gasteiger partial charge in [-0.2, -0.15) is 0 Å². The van der Waals surface area contributed by atoms with Crippen LogP contribution in [0.1, 0.15) is 16.0 Å². The number of benzene rings is 2. The van der Waals surface area contributed by atoms with Crippen molar-refractivity contribution in [3.63, 3.8) is 0 Å². The summed E-state index contributed by atoms with van der Waals surface area (Å²) in [5.74, 6) is 7.57. The Balaban J connectivity index is 1.48. The molecule has 0 radical (unpaired) electrons. The average molecular weight is 370 g/mol. The van der Waals surface area contributed by atoms with Gasteiger partial charge in [-0.25, -0.2) is 0 Å². The molecule has 0 fully saturated rings. The number of hydrogen-bond donors (Lipinski definition) is 0. The summed E-state index contributed by atoms with van der Waals surface area (Å²) in [4.78, 5) is 3.67. The molecule has 3 heteroatoms. The Kier molecular flexibility index (Phi) is 3.86. The van der Waals surface area contributed by atoms with Crippen molar-refractivity contribution in [1.29, 1.82) is 0 Å². The molecule has 1 nitrogen and oxygen atoms in total. The molecule has 0 atom stereocenters. The third-order valence-electron chi connectivity index (χ3n) is 4.34. The molecular formula is C23H14OS2. The second-order valence-corrected chi connectivity index (χ2v) is 8.05. The molecule has 4 aromatic rings. The maximum absolute atomic E-state index is 5.69. The Bertz CT molecular complexity index is 1180. The molecule has 5 rings (SSSR count). The van der Waals surface area contributed by atoms with Crippen molar-refractivity contribution in [2.45, 2.75) is 0 Å². The van der Waals surface area contributed by atoms with Crippen molar-refractivity contribution >= 4 is 39.5 Å². The maximum atomic E-state index is 5.69. The highest BCUT2D eigenvalue weighted by Crippen LogP contribution is 2.32. The van der Waals surface area contributed by atoms with Gasteiger partial charge >= 0.3 is 0 Å². The first-order chi connectivity index (χ1) is 12.9. The lowest BCUT2D eigenvalue weighted by atomic mass is 10.00. The predicted molar refractivity (Wildman–Crippen MR) is 112 cm³/mol. The minimum atomic E-state index is 0.649. The summed E-state index contributed by atoms with van der Waals surface area (Å²) in [6.07, 6.45) is 4.20. The van der Waals surface area contributed by atoms with E-state index in [1.54, 1.807) is 22.7 Å². The Morgan fingerprint density at radius 1 is 0.923 bits per heavy atom. The van der Waals surface area contributed by atoms with E-state index in [2.05, 4.69) is 77.9 Å². The first-order valence-corrected chi connectivity index (χ1v) is 10.1. The van der Waals surface area contributed by atoms with Gasteiger partial charge < -0.3 is 4.74 Å². The summed E-state index contributed by atoms with van der Waals surface area (Å²) in [6.45, 7) is 0.649. The van der Waals surface area contributed by atoms with Crippen LogP contribution >= 0.6 is 22.7 Å². The Hall–Kier alpha value is -2.80. The standard InChI is InChI=1S/C23H14OS2/c1-3-20-19-10-6-16(15-17(19)7-11-21(20)24-13-1)5-8-18-9-12-23(26-18)22-4-2-14-25-22/h1-4,6-7,9-12,14-15H,13H2. The minimum Gasteiger partial charge on any atom is -0.489 e. The predicted octanol–water partition coefficient (Wildman–Crippen LogP) is 6.44. The molecule has 0 amide bonds. The van der Waals surface area contributed by atoms with Crippen LogP contribution in [-0.2, 0) is 0 Å². The van der Waals surface area contributed by atoms with E-state index in [1.807, 2.05) is 6.07 Å². The number of ether oxygens (including phenoxy) is 1. The lowest BCUT2D eigenvalue weighted by Crippen LogP contribution is -2.00. The maximum Gasteiger partial charge on any atom is 0.127 e. The van der Waals surface area contributed by atoms with E-state index >= 15 is 0 Å². The summed E-state index contributed by atoms with van der Waals surface area (Å²) in [5.41, 5.74) is 2.19. The second-order valence-electron chi connectivity index (χ2n) is 6.02. The van der Waals surface area contributed by atoms with Crippen LogP contribution in [0.3, 0.4) is 0 Å². The molecule has 0 spiro atoms. The van der Waals surface area contributed by atoms with E-state index in [1.165, 1.54) is 20.5 Å². The zero-order valence-corrected chi connectivity index (χ0v) is 15.5. The van der Waals surface area contributed by atoms with Crippen LogP contribution in [0.4, 0.5) is 0 Å². The van der Waals surface area contributed by atoms with Gasteiger partial charge in [0.2, 0.25) is 0 Å². The van der Waals surface area contributed by atoms with E-state index in [0.717, 1.165) is 21.8 Å². The van der Waals surface area contributed by atoms with Gasteiger partial charge in [0.25, 0.3) is 0 Å². The van der Waals surface area contributed by atoms with Crippen molar-refractivity contribution in [2.24, 2.45) is 0 Å². The van der Waals surface area contributed by atoms with Gasteiger partial charge in [-0.05, 0) is 58.6 Å². The van der Waals surface area contributed by atoms with Crippen molar-refractivity contribution in [1.82, 2.24) is 0 Å². The normalized spacial score (nSPS) is 12.3. The smallest absolute Gasteiger partial charge is 0.127 e. The summed E-state index contributed by atoms with van der Waals surface area (Å²) in [6, 6.07) is 19.0. The van der Waals surface area contributed by atoms with E-state index in [0.29, 0.717) is 6.61 Å². The fourth-order valence-corrected chi connectivity index (χ4v) is 4.80. The van der Waals surface area contributed by atoms with Crippen molar-refractivity contribution in [2.75, 3.05) is 6.61 Å². The molecule has 0 saturated carbocycles. The van der Waals surface area contributed by atoms with Gasteiger partial charge in [0, 0.05) is 20.9 Å². The summed E-state index contributed by atoms with van der Waals surface area (Å²) >= 11 is 3.51. The highest BCUT2D eigenvalue weighted by Gasteiger charge is 2.09. The van der Waals surface area contributed by atoms with Gasteiger partial charge in [-0.15, -0.1) is 22.7 Å². The minimum absolute atomic E-state index is 0.649. The van der Waals surface area contributed by atoms with Crippen LogP contribution in [0, 0.1) is 11.8 Å². The zero-order valence-electron chi connectivity index (χ0n) is 13.9. The Morgan fingerprint density at radius 2 is 1.92 bits per heavy atom. The highest BCUT2D eigenvalue weighted by atomic mass is 32.1. The van der Waals surface area contributed by atoms with Gasteiger partial charge in [0.1, 0.15) is 12.4 Å². The second kappa shape index (κ2) is 6.49. The molecule has 0 saturated heterocycles. The molecule has 1 aliphatic heterocycles. The largest absolute Gasteiger partial charge is 0.489 e. The van der Waals surface area contributed by atoms with Crippen LogP contribution < -0.4 is 4.74 Å². The van der Waals surface area contributed by atoms with Crippen molar-refractivity contribution in [3.05, 3.63) is 82.1 Å². The quantitative estimate of drug-likeness (QED) is 0.351. The van der Waals surface area contributed by atoms with Crippen molar-refractivity contribution < 1.29 is 4.74 Å². The fourth-order valence-electron chi connectivity index (χ4n) is 3.10. The zero-order chi connectivity index (χ0) is 17.3. The Morgan fingerprint density at radius 3 is 2.85 bits per heavy atom. The number of fused-ring (bicyclic) bond motifs is 3. The monoisotopic (exact) mass is 370 g/mol. The molecule has 0 bridgehead atoms. The van der Waals surface area contributed by atoms with E-state index in [-0.39, 0.29) is 0 Å². The summed E-state index contributed by atoms with van der Waals surface area (Å²) in [7, 11) is 0. The molecule has 2 aromatic carbocycles. The van der Waals surface area contributed by atoms with Gasteiger partial charge in [0.15, 0.2) is 0 Å². The number of hydrogen-bond acceptors (Lipinski definition) is 3. The third-order valence-corrected chi connectivity index (χ3v) is 6.41. The van der Waals surface area contributed by atoms with Crippen molar-refractivity contribution in [3.8, 4) is 27.3 Å². The van der Waals surface area contributed by atoms with Crippen LogP contribution in [0.5, 0.6) is 5.75 Å². The lowest BCUT2D eigenvalue weighted by Gasteiger charge is -2.14. The summed E-state index contributed by atoms with van der Waals surface area (Å²) in [5, 5.41) is 4.50. The number of thiophene rings is 2. The topological polar surface area (TPSA) is 9.23 Å². The molecule has 1 aliphatic rings. The van der Waals surface area contributed by atoms with E-state index in [4.69, 9.17) is 4.74 Å². The molecule has 124 valence electrons. The third kappa shape index (κ3) is 2.84. The van der Waals surface area contributed by atoms with Crippen LogP contribution in [0.15, 0.2) is 66.1 Å². The molecule has 2 aromatic heterocycles. The van der Waals surface area contributed by atoms with E-state index < -0.39 is 0 Å².